The summed E-state index contributed by atoms with van der Waals surface area (Å²) in [5.41, 5.74) is 2.69. The van der Waals surface area contributed by atoms with Crippen LogP contribution in [0.1, 0.15) is 25.3 Å². The Kier molecular flexibility index (Phi) is 2.86. The van der Waals surface area contributed by atoms with E-state index in [1.165, 1.54) is 22.0 Å². The average Bonchev–Trinajstić information content (AvgIpc) is 2.27. The molecule has 0 heterocycles. The molecule has 0 bridgehead atoms. The van der Waals surface area contributed by atoms with Crippen LogP contribution in [0.15, 0.2) is 36.4 Å². The van der Waals surface area contributed by atoms with Crippen LogP contribution in [-0.4, -0.2) is 14.1 Å². The van der Waals surface area contributed by atoms with Crippen molar-refractivity contribution in [2.45, 2.75) is 19.8 Å². The van der Waals surface area contributed by atoms with Gasteiger partial charge >= 0.3 is 0 Å². The monoisotopic (exact) mass is 213 g/mol. The van der Waals surface area contributed by atoms with Crippen molar-refractivity contribution < 1.29 is 0 Å². The molecule has 2 rings (SSSR count). The fourth-order valence-corrected chi connectivity index (χ4v) is 2.08. The summed E-state index contributed by atoms with van der Waals surface area (Å²) in [6, 6.07) is 13.2. The first-order chi connectivity index (χ1) is 7.59. The number of nitrogens with zero attached hydrogens (tertiary/aromatic N) is 1. The summed E-state index contributed by atoms with van der Waals surface area (Å²) < 4.78 is 0. The van der Waals surface area contributed by atoms with E-state index < -0.39 is 0 Å². The number of benzene rings is 2. The number of anilines is 1. The van der Waals surface area contributed by atoms with Crippen LogP contribution < -0.4 is 4.90 Å². The molecule has 0 radical (unpaired) electrons. The lowest BCUT2D eigenvalue weighted by molar-refractivity contribution is 0.876. The standard InChI is InChI=1S/C15H19N/c1-11(2)14-7-5-6-12-10-13(16(3)4)8-9-15(12)14/h5-11H,1-4H3. The lowest BCUT2D eigenvalue weighted by atomic mass is 9.96. The highest BCUT2D eigenvalue weighted by Crippen LogP contribution is 2.28. The van der Waals surface area contributed by atoms with Crippen molar-refractivity contribution in [3.8, 4) is 0 Å². The van der Waals surface area contributed by atoms with Crippen molar-refractivity contribution in [1.29, 1.82) is 0 Å². The minimum atomic E-state index is 0.578. The highest BCUT2D eigenvalue weighted by atomic mass is 15.1. The fourth-order valence-electron chi connectivity index (χ4n) is 2.08. The molecular formula is C15H19N. The summed E-state index contributed by atoms with van der Waals surface area (Å²) >= 11 is 0. The van der Waals surface area contributed by atoms with Gasteiger partial charge in [-0.3, -0.25) is 0 Å². The zero-order valence-electron chi connectivity index (χ0n) is 10.5. The van der Waals surface area contributed by atoms with Gasteiger partial charge in [-0.1, -0.05) is 38.1 Å². The van der Waals surface area contributed by atoms with E-state index >= 15 is 0 Å². The summed E-state index contributed by atoms with van der Waals surface area (Å²) in [5, 5.41) is 2.71. The van der Waals surface area contributed by atoms with Gasteiger partial charge in [-0.2, -0.15) is 0 Å². The zero-order valence-corrected chi connectivity index (χ0v) is 10.5. The first-order valence-corrected chi connectivity index (χ1v) is 5.79. The molecule has 0 unspecified atom stereocenters. The lowest BCUT2D eigenvalue weighted by Crippen LogP contribution is -2.08. The molecule has 2 aromatic rings. The minimum absolute atomic E-state index is 0.578. The van der Waals surface area contributed by atoms with Gasteiger partial charge in [-0.05, 0) is 34.4 Å². The van der Waals surface area contributed by atoms with Crippen LogP contribution in [0.5, 0.6) is 0 Å². The number of rotatable bonds is 2. The molecule has 0 aliphatic carbocycles. The maximum atomic E-state index is 2.25. The molecule has 0 saturated carbocycles. The molecule has 0 saturated heterocycles. The number of fused-ring (bicyclic) bond motifs is 1. The van der Waals surface area contributed by atoms with Crippen molar-refractivity contribution in [3.05, 3.63) is 42.0 Å². The molecule has 0 atom stereocenters. The maximum absolute atomic E-state index is 2.25. The van der Waals surface area contributed by atoms with Gasteiger partial charge in [0.05, 0.1) is 0 Å². The van der Waals surface area contributed by atoms with E-state index in [4.69, 9.17) is 0 Å². The topological polar surface area (TPSA) is 3.24 Å². The van der Waals surface area contributed by atoms with Crippen LogP contribution >= 0.6 is 0 Å². The molecule has 84 valence electrons. The first kappa shape index (κ1) is 11.0. The summed E-state index contributed by atoms with van der Waals surface area (Å²) in [7, 11) is 4.15. The molecule has 0 aliphatic heterocycles. The van der Waals surface area contributed by atoms with Crippen LogP contribution in [0.3, 0.4) is 0 Å². The van der Waals surface area contributed by atoms with Crippen molar-refractivity contribution in [2.75, 3.05) is 19.0 Å². The van der Waals surface area contributed by atoms with Crippen LogP contribution in [0, 0.1) is 0 Å². The maximum Gasteiger partial charge on any atom is 0.0367 e. The number of hydrogen-bond donors (Lipinski definition) is 0. The van der Waals surface area contributed by atoms with Gasteiger partial charge in [-0.25, -0.2) is 0 Å². The Morgan fingerprint density at radius 1 is 1.00 bits per heavy atom. The quantitative estimate of drug-likeness (QED) is 0.728. The second-order valence-corrected chi connectivity index (χ2v) is 4.80. The molecule has 0 aromatic heterocycles. The molecule has 1 nitrogen and oxygen atoms in total. The Morgan fingerprint density at radius 2 is 1.75 bits per heavy atom. The highest BCUT2D eigenvalue weighted by molar-refractivity contribution is 5.89. The van der Waals surface area contributed by atoms with E-state index in [1.807, 2.05) is 0 Å². The van der Waals surface area contributed by atoms with E-state index in [1.54, 1.807) is 0 Å². The SMILES string of the molecule is CC(C)c1cccc2cc(N(C)C)ccc12. The Morgan fingerprint density at radius 3 is 2.38 bits per heavy atom. The normalized spacial score (nSPS) is 11.1. The van der Waals surface area contributed by atoms with Gasteiger partial charge in [0, 0.05) is 19.8 Å². The van der Waals surface area contributed by atoms with E-state index in [0.29, 0.717) is 5.92 Å². The van der Waals surface area contributed by atoms with Crippen molar-refractivity contribution in [2.24, 2.45) is 0 Å². The summed E-state index contributed by atoms with van der Waals surface area (Å²) in [6.45, 7) is 4.49. The predicted molar refractivity (Wildman–Crippen MR) is 72.4 cm³/mol. The largest absolute Gasteiger partial charge is 0.378 e. The van der Waals surface area contributed by atoms with E-state index in [-0.39, 0.29) is 0 Å². The van der Waals surface area contributed by atoms with Gasteiger partial charge in [-0.15, -0.1) is 0 Å². The van der Waals surface area contributed by atoms with Crippen molar-refractivity contribution >= 4 is 16.5 Å². The second kappa shape index (κ2) is 4.17. The van der Waals surface area contributed by atoms with Gasteiger partial charge in [0.25, 0.3) is 0 Å². The molecule has 0 fully saturated rings. The van der Waals surface area contributed by atoms with Gasteiger partial charge < -0.3 is 4.90 Å². The van der Waals surface area contributed by atoms with Crippen LogP contribution in [0.2, 0.25) is 0 Å². The van der Waals surface area contributed by atoms with E-state index in [0.717, 1.165) is 0 Å². The molecule has 2 aromatic carbocycles. The molecular weight excluding hydrogens is 194 g/mol. The molecule has 0 aliphatic rings. The van der Waals surface area contributed by atoms with Gasteiger partial charge in [0.2, 0.25) is 0 Å². The van der Waals surface area contributed by atoms with Crippen molar-refractivity contribution in [3.63, 3.8) is 0 Å². The Labute approximate surface area is 97.7 Å². The van der Waals surface area contributed by atoms with Crippen molar-refractivity contribution in [1.82, 2.24) is 0 Å². The summed E-state index contributed by atoms with van der Waals surface area (Å²) in [5.74, 6) is 0.578. The zero-order chi connectivity index (χ0) is 11.7. The van der Waals surface area contributed by atoms with Crippen LogP contribution in [0.4, 0.5) is 5.69 Å². The smallest absolute Gasteiger partial charge is 0.0367 e. The third kappa shape index (κ3) is 1.90. The first-order valence-electron chi connectivity index (χ1n) is 5.79. The van der Waals surface area contributed by atoms with Crippen LogP contribution in [-0.2, 0) is 0 Å². The van der Waals surface area contributed by atoms with Gasteiger partial charge in [0.15, 0.2) is 0 Å². The molecule has 0 N–H and O–H groups in total. The summed E-state index contributed by atoms with van der Waals surface area (Å²) in [4.78, 5) is 2.14. The highest BCUT2D eigenvalue weighted by Gasteiger charge is 2.05. The second-order valence-electron chi connectivity index (χ2n) is 4.80. The Bertz CT molecular complexity index is 498. The van der Waals surface area contributed by atoms with E-state index in [2.05, 4.69) is 69.2 Å². The third-order valence-corrected chi connectivity index (χ3v) is 3.04. The average molecular weight is 213 g/mol. The Hall–Kier alpha value is -1.50. The van der Waals surface area contributed by atoms with Crippen LogP contribution in [0.25, 0.3) is 10.8 Å². The lowest BCUT2D eigenvalue weighted by Gasteiger charge is -2.15. The molecule has 1 heteroatoms. The fraction of sp³-hybridized carbons (Fsp3) is 0.333. The third-order valence-electron chi connectivity index (χ3n) is 3.04. The van der Waals surface area contributed by atoms with Gasteiger partial charge in [0.1, 0.15) is 0 Å². The minimum Gasteiger partial charge on any atom is -0.378 e. The van der Waals surface area contributed by atoms with E-state index in [9.17, 15) is 0 Å². The summed E-state index contributed by atoms with van der Waals surface area (Å²) in [6.07, 6.45) is 0. The number of hydrogen-bond acceptors (Lipinski definition) is 1. The Balaban J connectivity index is 2.64. The molecule has 16 heavy (non-hydrogen) atoms. The molecule has 0 amide bonds. The molecule has 0 spiro atoms. The predicted octanol–water partition coefficient (Wildman–Crippen LogP) is 4.03.